The Labute approximate surface area is 141 Å². The highest BCUT2D eigenvalue weighted by Crippen LogP contribution is 2.31. The summed E-state index contributed by atoms with van der Waals surface area (Å²) in [6.45, 7) is 0. The zero-order valence-corrected chi connectivity index (χ0v) is 13.1. The first kappa shape index (κ1) is 17.9. The Morgan fingerprint density at radius 2 is 1.88 bits per heavy atom. The van der Waals surface area contributed by atoms with Crippen molar-refractivity contribution in [2.24, 2.45) is 0 Å². The maximum absolute atomic E-state index is 13.5. The second-order valence-corrected chi connectivity index (χ2v) is 4.85. The lowest BCUT2D eigenvalue weighted by Gasteiger charge is -2.18. The molecule has 0 heterocycles. The number of nitro benzene ring substituents is 1. The summed E-state index contributed by atoms with van der Waals surface area (Å²) in [4.78, 5) is 34.0. The summed E-state index contributed by atoms with van der Waals surface area (Å²) in [7, 11) is 1.32. The minimum atomic E-state index is -1.39. The third-order valence-electron chi connectivity index (χ3n) is 3.17. The molecule has 0 aromatic heterocycles. The molecule has 0 saturated heterocycles. The fourth-order valence-electron chi connectivity index (χ4n) is 2.00. The number of nitro groups is 1. The first-order chi connectivity index (χ1) is 11.9. The van der Waals surface area contributed by atoms with Gasteiger partial charge in [-0.3, -0.25) is 20.2 Å². The van der Waals surface area contributed by atoms with Crippen LogP contribution in [0.5, 0.6) is 5.75 Å². The van der Waals surface area contributed by atoms with Crippen LogP contribution in [0.25, 0.3) is 0 Å². The molecule has 2 rings (SSSR count). The summed E-state index contributed by atoms with van der Waals surface area (Å²) in [5, 5.41) is 15.3. The molecule has 130 valence electrons. The van der Waals surface area contributed by atoms with Crippen LogP contribution in [0.4, 0.5) is 14.9 Å². The highest BCUT2D eigenvalue weighted by atomic mass is 19.1. The molecule has 3 amide bonds. The minimum absolute atomic E-state index is 0.336. The van der Waals surface area contributed by atoms with Gasteiger partial charge in [0.05, 0.1) is 4.92 Å². The SMILES string of the molecule is CNC(=O)NC(=O)[C@@H](Oc1cc(F)ccc1[N+](=O)[O-])c1ccccc1. The molecule has 0 radical (unpaired) electrons. The standard InChI is InChI=1S/C16H14FN3O5/c1-18-16(22)19-15(21)14(10-5-3-2-4-6-10)25-13-9-11(17)7-8-12(13)20(23)24/h2-9,14H,1H3,(H2,18,19,21,22)/t14-/m0/s1. The predicted molar refractivity (Wildman–Crippen MR) is 85.5 cm³/mol. The molecule has 0 aliphatic carbocycles. The van der Waals surface area contributed by atoms with Gasteiger partial charge in [-0.2, -0.15) is 0 Å². The van der Waals surface area contributed by atoms with E-state index in [1.54, 1.807) is 30.3 Å². The van der Waals surface area contributed by atoms with Crippen molar-refractivity contribution in [3.63, 3.8) is 0 Å². The van der Waals surface area contributed by atoms with E-state index in [4.69, 9.17) is 4.74 Å². The van der Waals surface area contributed by atoms with Crippen LogP contribution in [0.3, 0.4) is 0 Å². The number of hydrogen-bond acceptors (Lipinski definition) is 5. The number of nitrogens with zero attached hydrogens (tertiary/aromatic N) is 1. The van der Waals surface area contributed by atoms with E-state index in [-0.39, 0.29) is 0 Å². The summed E-state index contributed by atoms with van der Waals surface area (Å²) in [5.41, 5.74) is -0.169. The fraction of sp³-hybridized carbons (Fsp3) is 0.125. The Hall–Kier alpha value is -3.49. The van der Waals surface area contributed by atoms with Crippen LogP contribution in [0.1, 0.15) is 11.7 Å². The monoisotopic (exact) mass is 347 g/mol. The van der Waals surface area contributed by atoms with E-state index in [1.165, 1.54) is 7.05 Å². The van der Waals surface area contributed by atoms with Gasteiger partial charge in [0.2, 0.25) is 11.9 Å². The topological polar surface area (TPSA) is 111 Å². The van der Waals surface area contributed by atoms with E-state index in [0.717, 1.165) is 18.2 Å². The number of imide groups is 1. The average molecular weight is 347 g/mol. The molecule has 8 nitrogen and oxygen atoms in total. The molecule has 0 aliphatic heterocycles. The number of rotatable bonds is 5. The van der Waals surface area contributed by atoms with Gasteiger partial charge in [0.25, 0.3) is 5.91 Å². The number of ether oxygens (including phenoxy) is 1. The van der Waals surface area contributed by atoms with Crippen LogP contribution in [0.15, 0.2) is 48.5 Å². The van der Waals surface area contributed by atoms with E-state index >= 15 is 0 Å². The molecule has 0 saturated carbocycles. The summed E-state index contributed by atoms with van der Waals surface area (Å²) < 4.78 is 18.9. The van der Waals surface area contributed by atoms with E-state index in [1.807, 2.05) is 5.32 Å². The average Bonchev–Trinajstić information content (AvgIpc) is 2.59. The first-order valence-electron chi connectivity index (χ1n) is 7.10. The molecule has 0 aliphatic rings. The van der Waals surface area contributed by atoms with Gasteiger partial charge in [0.15, 0.2) is 0 Å². The molecular weight excluding hydrogens is 333 g/mol. The lowest BCUT2D eigenvalue weighted by Crippen LogP contribution is -2.41. The second-order valence-electron chi connectivity index (χ2n) is 4.85. The van der Waals surface area contributed by atoms with Gasteiger partial charge >= 0.3 is 11.7 Å². The van der Waals surface area contributed by atoms with Gasteiger partial charge in [-0.05, 0) is 6.07 Å². The largest absolute Gasteiger partial charge is 0.468 e. The summed E-state index contributed by atoms with van der Waals surface area (Å²) in [5.74, 6) is -2.05. The third-order valence-corrected chi connectivity index (χ3v) is 3.17. The molecule has 0 bridgehead atoms. The summed E-state index contributed by atoms with van der Waals surface area (Å²) >= 11 is 0. The molecule has 0 spiro atoms. The molecule has 25 heavy (non-hydrogen) atoms. The van der Waals surface area contributed by atoms with E-state index in [2.05, 4.69) is 5.32 Å². The molecule has 2 aromatic carbocycles. The van der Waals surface area contributed by atoms with Gasteiger partial charge in [-0.25, -0.2) is 9.18 Å². The lowest BCUT2D eigenvalue weighted by atomic mass is 10.1. The van der Waals surface area contributed by atoms with Crippen molar-refractivity contribution in [1.29, 1.82) is 0 Å². The third kappa shape index (κ3) is 4.50. The van der Waals surface area contributed by atoms with Gasteiger partial charge in [-0.1, -0.05) is 30.3 Å². The zero-order valence-electron chi connectivity index (χ0n) is 13.1. The Bertz CT molecular complexity index is 798. The minimum Gasteiger partial charge on any atom is -0.468 e. The van der Waals surface area contributed by atoms with Crippen LogP contribution in [-0.2, 0) is 4.79 Å². The molecule has 1 atom stereocenters. The van der Waals surface area contributed by atoms with Crippen LogP contribution in [-0.4, -0.2) is 23.9 Å². The van der Waals surface area contributed by atoms with Crippen molar-refractivity contribution in [2.75, 3.05) is 7.05 Å². The highest BCUT2D eigenvalue weighted by molar-refractivity contribution is 5.97. The quantitative estimate of drug-likeness (QED) is 0.637. The molecule has 9 heteroatoms. The first-order valence-corrected chi connectivity index (χ1v) is 7.10. The molecular formula is C16H14FN3O5. The van der Waals surface area contributed by atoms with E-state index in [9.17, 15) is 24.1 Å². The van der Waals surface area contributed by atoms with Crippen molar-refractivity contribution in [3.8, 4) is 5.75 Å². The predicted octanol–water partition coefficient (Wildman–Crippen LogP) is 2.31. The van der Waals surface area contributed by atoms with Crippen LogP contribution < -0.4 is 15.4 Å². The van der Waals surface area contributed by atoms with E-state index < -0.39 is 40.2 Å². The molecule has 0 unspecified atom stereocenters. The highest BCUT2D eigenvalue weighted by Gasteiger charge is 2.27. The van der Waals surface area contributed by atoms with Crippen molar-refractivity contribution in [3.05, 3.63) is 70.0 Å². The lowest BCUT2D eigenvalue weighted by molar-refractivity contribution is -0.386. The van der Waals surface area contributed by atoms with Crippen molar-refractivity contribution < 1.29 is 23.6 Å². The molecule has 0 fully saturated rings. The summed E-state index contributed by atoms with van der Waals surface area (Å²) in [6.07, 6.45) is -1.39. The van der Waals surface area contributed by atoms with Crippen LogP contribution in [0, 0.1) is 15.9 Å². The van der Waals surface area contributed by atoms with Gasteiger partial charge in [-0.15, -0.1) is 0 Å². The Kier molecular flexibility index (Phi) is 5.62. The Balaban J connectivity index is 2.40. The van der Waals surface area contributed by atoms with Gasteiger partial charge in [0, 0.05) is 24.7 Å². The normalized spacial score (nSPS) is 11.3. The number of urea groups is 1. The fourth-order valence-corrected chi connectivity index (χ4v) is 2.00. The van der Waals surface area contributed by atoms with Gasteiger partial charge < -0.3 is 10.1 Å². The van der Waals surface area contributed by atoms with E-state index in [0.29, 0.717) is 5.56 Å². The van der Waals surface area contributed by atoms with Crippen molar-refractivity contribution in [1.82, 2.24) is 10.6 Å². The van der Waals surface area contributed by atoms with Crippen molar-refractivity contribution >= 4 is 17.6 Å². The zero-order chi connectivity index (χ0) is 18.4. The van der Waals surface area contributed by atoms with Crippen LogP contribution in [0.2, 0.25) is 0 Å². The number of hydrogen-bond donors (Lipinski definition) is 2. The van der Waals surface area contributed by atoms with Crippen molar-refractivity contribution in [2.45, 2.75) is 6.10 Å². The smallest absolute Gasteiger partial charge is 0.321 e. The number of amides is 3. The number of carbonyl (C=O) groups excluding carboxylic acids is 2. The van der Waals surface area contributed by atoms with Gasteiger partial charge in [0.1, 0.15) is 5.82 Å². The molecule has 2 N–H and O–H groups in total. The maximum Gasteiger partial charge on any atom is 0.321 e. The maximum atomic E-state index is 13.5. The Morgan fingerprint density at radius 1 is 1.20 bits per heavy atom. The Morgan fingerprint density at radius 3 is 2.48 bits per heavy atom. The summed E-state index contributed by atoms with van der Waals surface area (Å²) in [6, 6.07) is 9.90. The van der Waals surface area contributed by atoms with Crippen LogP contribution >= 0.6 is 0 Å². The number of nitrogens with one attached hydrogen (secondary N) is 2. The molecule has 2 aromatic rings. The number of halogens is 1. The number of benzene rings is 2. The second kappa shape index (κ2) is 7.86. The number of carbonyl (C=O) groups is 2.